The van der Waals surface area contributed by atoms with Gasteiger partial charge in [-0.3, -0.25) is 9.89 Å². The van der Waals surface area contributed by atoms with E-state index in [2.05, 4.69) is 10.3 Å². The van der Waals surface area contributed by atoms with E-state index in [-0.39, 0.29) is 11.9 Å². The Hall–Kier alpha value is -2.11. The molecule has 0 saturated carbocycles. The molecule has 0 fully saturated rings. The highest BCUT2D eigenvalue weighted by Gasteiger charge is 2.24. The zero-order valence-corrected chi connectivity index (χ0v) is 13.2. The van der Waals surface area contributed by atoms with E-state index in [4.69, 9.17) is 4.74 Å². The Morgan fingerprint density at radius 3 is 2.91 bits per heavy atom. The largest absolute Gasteiger partial charge is 0.444 e. The van der Waals surface area contributed by atoms with Gasteiger partial charge in [-0.1, -0.05) is 12.1 Å². The van der Waals surface area contributed by atoms with E-state index < -0.39 is 5.60 Å². The zero-order chi connectivity index (χ0) is 16.2. The lowest BCUT2D eigenvalue weighted by molar-refractivity contribution is 0.0276. The van der Waals surface area contributed by atoms with Crippen LogP contribution in [0, 0.1) is 5.82 Å². The predicted molar refractivity (Wildman–Crippen MR) is 83.3 cm³/mol. The molecule has 1 amide bonds. The van der Waals surface area contributed by atoms with E-state index in [9.17, 15) is 9.18 Å². The summed E-state index contributed by atoms with van der Waals surface area (Å²) in [5.74, 6) is 0.446. The first kappa shape index (κ1) is 16.3. The van der Waals surface area contributed by atoms with Crippen LogP contribution in [0.1, 0.15) is 26.3 Å². The highest BCUT2D eigenvalue weighted by molar-refractivity contribution is 5.87. The number of carbonyl (C=O) groups excluding carboxylic acids is 1. The predicted octanol–water partition coefficient (Wildman–Crippen LogP) is 2.56. The second-order valence-electron chi connectivity index (χ2n) is 6.21. The van der Waals surface area contributed by atoms with Crippen LogP contribution in [-0.2, 0) is 11.3 Å². The summed E-state index contributed by atoms with van der Waals surface area (Å²) in [5.41, 5.74) is 0.318. The molecule has 0 bridgehead atoms. The van der Waals surface area contributed by atoms with Gasteiger partial charge >= 0.3 is 6.09 Å². The summed E-state index contributed by atoms with van der Waals surface area (Å²) in [6.07, 6.45) is -0.340. The number of rotatable bonds is 2. The zero-order valence-electron chi connectivity index (χ0n) is 13.2. The van der Waals surface area contributed by atoms with Crippen molar-refractivity contribution in [3.63, 3.8) is 0 Å². The number of carbonyl (C=O) groups is 1. The molecule has 5 nitrogen and oxygen atoms in total. The van der Waals surface area contributed by atoms with Crippen molar-refractivity contribution in [3.8, 4) is 0 Å². The van der Waals surface area contributed by atoms with Crippen LogP contribution in [0.5, 0.6) is 0 Å². The van der Waals surface area contributed by atoms with Crippen LogP contribution in [0.15, 0.2) is 29.3 Å². The third-order valence-corrected chi connectivity index (χ3v) is 3.05. The lowest BCUT2D eigenvalue weighted by Crippen LogP contribution is -2.47. The number of amidine groups is 1. The Balaban J connectivity index is 1.88. The molecule has 1 aliphatic heterocycles. The van der Waals surface area contributed by atoms with Crippen molar-refractivity contribution in [3.05, 3.63) is 35.6 Å². The first-order chi connectivity index (χ1) is 10.3. The molecule has 120 valence electrons. The molecule has 0 atom stereocenters. The summed E-state index contributed by atoms with van der Waals surface area (Å²) in [5, 5.41) is 3.15. The Bertz CT molecular complexity index is 567. The molecule has 0 spiro atoms. The van der Waals surface area contributed by atoms with Crippen molar-refractivity contribution in [1.82, 2.24) is 10.2 Å². The Kier molecular flexibility index (Phi) is 5.00. The van der Waals surface area contributed by atoms with Crippen molar-refractivity contribution in [2.45, 2.75) is 32.9 Å². The lowest BCUT2D eigenvalue weighted by atomic mass is 10.2. The molecule has 1 aromatic carbocycles. The Labute approximate surface area is 130 Å². The van der Waals surface area contributed by atoms with Crippen LogP contribution in [0.25, 0.3) is 0 Å². The first-order valence-electron chi connectivity index (χ1n) is 7.33. The van der Waals surface area contributed by atoms with Gasteiger partial charge in [0, 0.05) is 13.1 Å². The van der Waals surface area contributed by atoms with Crippen molar-refractivity contribution in [1.29, 1.82) is 0 Å². The third-order valence-electron chi connectivity index (χ3n) is 3.05. The van der Waals surface area contributed by atoms with Crippen molar-refractivity contribution in [2.24, 2.45) is 4.99 Å². The van der Waals surface area contributed by atoms with Gasteiger partial charge in [0.15, 0.2) is 0 Å². The minimum Gasteiger partial charge on any atom is -0.444 e. The van der Waals surface area contributed by atoms with Crippen LogP contribution in [0.4, 0.5) is 9.18 Å². The number of nitrogens with one attached hydrogen (secondary N) is 1. The summed E-state index contributed by atoms with van der Waals surface area (Å²) in [6, 6.07) is 6.39. The number of ether oxygens (including phenoxy) is 1. The molecule has 6 heteroatoms. The minimum absolute atomic E-state index is 0.264. The molecule has 1 aromatic rings. The first-order valence-corrected chi connectivity index (χ1v) is 7.33. The van der Waals surface area contributed by atoms with E-state index in [1.54, 1.807) is 11.0 Å². The topological polar surface area (TPSA) is 53.9 Å². The Morgan fingerprint density at radius 2 is 2.23 bits per heavy atom. The summed E-state index contributed by atoms with van der Waals surface area (Å²) in [7, 11) is 0. The van der Waals surface area contributed by atoms with Gasteiger partial charge in [-0.15, -0.1) is 0 Å². The van der Waals surface area contributed by atoms with Gasteiger partial charge in [0.2, 0.25) is 0 Å². The number of benzene rings is 1. The molecule has 0 aliphatic carbocycles. The smallest absolute Gasteiger partial charge is 0.410 e. The third kappa shape index (κ3) is 5.02. The quantitative estimate of drug-likeness (QED) is 0.913. The Morgan fingerprint density at radius 1 is 1.45 bits per heavy atom. The maximum atomic E-state index is 13.1. The number of hydrogen-bond acceptors (Lipinski definition) is 4. The number of aliphatic imine (C=N–C) groups is 1. The molecule has 0 saturated heterocycles. The van der Waals surface area contributed by atoms with Gasteiger partial charge in [0.05, 0.1) is 13.1 Å². The highest BCUT2D eigenvalue weighted by atomic mass is 19.1. The van der Waals surface area contributed by atoms with Crippen LogP contribution in [-0.4, -0.2) is 42.1 Å². The fourth-order valence-electron chi connectivity index (χ4n) is 2.06. The molecule has 2 rings (SSSR count). The lowest BCUT2D eigenvalue weighted by Gasteiger charge is -2.30. The summed E-state index contributed by atoms with van der Waals surface area (Å²) in [6.45, 7) is 7.44. The maximum Gasteiger partial charge on any atom is 0.410 e. The standard InChI is InChI=1S/C16H22FN3O2/c1-16(2,3)22-15(21)20-8-7-18-14(11-20)19-10-12-5-4-6-13(17)9-12/h4-6,9H,7-8,10-11H2,1-3H3,(H,18,19). The number of hydrogen-bond donors (Lipinski definition) is 1. The van der Waals surface area contributed by atoms with Gasteiger partial charge in [0.1, 0.15) is 17.3 Å². The van der Waals surface area contributed by atoms with Gasteiger partial charge in [-0.05, 0) is 38.5 Å². The minimum atomic E-state index is -0.513. The second-order valence-corrected chi connectivity index (χ2v) is 6.21. The molecule has 1 heterocycles. The fourth-order valence-corrected chi connectivity index (χ4v) is 2.06. The fraction of sp³-hybridized carbons (Fsp3) is 0.500. The van der Waals surface area contributed by atoms with E-state index >= 15 is 0 Å². The van der Waals surface area contributed by atoms with Crippen LogP contribution >= 0.6 is 0 Å². The monoisotopic (exact) mass is 307 g/mol. The van der Waals surface area contributed by atoms with E-state index in [1.807, 2.05) is 26.8 Å². The molecular formula is C16H22FN3O2. The van der Waals surface area contributed by atoms with Crippen molar-refractivity contribution >= 4 is 11.9 Å². The van der Waals surface area contributed by atoms with E-state index in [1.165, 1.54) is 12.1 Å². The maximum absolute atomic E-state index is 13.1. The average molecular weight is 307 g/mol. The van der Waals surface area contributed by atoms with Crippen molar-refractivity contribution < 1.29 is 13.9 Å². The van der Waals surface area contributed by atoms with E-state index in [0.29, 0.717) is 32.0 Å². The molecular weight excluding hydrogens is 285 g/mol. The van der Waals surface area contributed by atoms with Crippen LogP contribution < -0.4 is 5.32 Å². The van der Waals surface area contributed by atoms with Crippen LogP contribution in [0.3, 0.4) is 0 Å². The normalized spacial score (nSPS) is 15.3. The summed E-state index contributed by atoms with van der Waals surface area (Å²) >= 11 is 0. The molecule has 0 unspecified atom stereocenters. The van der Waals surface area contributed by atoms with Crippen molar-refractivity contribution in [2.75, 3.05) is 19.6 Å². The average Bonchev–Trinajstić information content (AvgIpc) is 2.44. The van der Waals surface area contributed by atoms with Gasteiger partial charge in [-0.25, -0.2) is 9.18 Å². The summed E-state index contributed by atoms with van der Waals surface area (Å²) in [4.78, 5) is 18.0. The second kappa shape index (κ2) is 6.77. The molecule has 0 aromatic heterocycles. The summed E-state index contributed by atoms with van der Waals surface area (Å²) < 4.78 is 18.5. The molecule has 22 heavy (non-hydrogen) atoms. The van der Waals surface area contributed by atoms with Crippen LogP contribution in [0.2, 0.25) is 0 Å². The van der Waals surface area contributed by atoms with Gasteiger partial charge in [0.25, 0.3) is 0 Å². The van der Waals surface area contributed by atoms with E-state index in [0.717, 1.165) is 5.56 Å². The SMILES string of the molecule is CC(C)(C)OC(=O)N1CCN=C(NCc2cccc(F)c2)C1. The number of nitrogens with zero attached hydrogens (tertiary/aromatic N) is 2. The number of amides is 1. The highest BCUT2D eigenvalue weighted by Crippen LogP contribution is 2.11. The molecule has 1 N–H and O–H groups in total. The van der Waals surface area contributed by atoms with Gasteiger partial charge in [-0.2, -0.15) is 0 Å². The molecule has 1 aliphatic rings. The number of halogens is 1. The molecule has 0 radical (unpaired) electrons. The van der Waals surface area contributed by atoms with Gasteiger partial charge < -0.3 is 10.1 Å².